The lowest BCUT2D eigenvalue weighted by atomic mass is 10.1. The predicted molar refractivity (Wildman–Crippen MR) is 79.1 cm³/mol. The molecule has 0 spiro atoms. The van der Waals surface area contributed by atoms with E-state index in [0.717, 1.165) is 4.90 Å². The lowest BCUT2D eigenvalue weighted by molar-refractivity contribution is -0.568. The van der Waals surface area contributed by atoms with Crippen LogP contribution in [0.25, 0.3) is 0 Å². The molecule has 0 fully saturated rings. The van der Waals surface area contributed by atoms with E-state index >= 15 is 0 Å². The van der Waals surface area contributed by atoms with E-state index in [4.69, 9.17) is 0 Å². The molecule has 0 aliphatic carbocycles. The van der Waals surface area contributed by atoms with Crippen LogP contribution in [-0.2, 0) is 0 Å². The number of aliphatic hydroxyl groups is 1. The van der Waals surface area contributed by atoms with Crippen molar-refractivity contribution < 1.29 is 19.6 Å². The highest BCUT2D eigenvalue weighted by atomic mass is 16.6. The standard InChI is InChI=1S/C14H12N4O5/c19-9(7-14(18(22)23)15-5-6-16-14)8-17-12(20)10-3-1-2-4-11(10)13(17)21/h1-6,9,19H,7-8H2. The third-order valence-electron chi connectivity index (χ3n) is 3.70. The minimum absolute atomic E-state index is 0.255. The van der Waals surface area contributed by atoms with Gasteiger partial charge in [-0.3, -0.25) is 24.6 Å². The molecule has 3 rings (SSSR count). The first-order chi connectivity index (χ1) is 10.9. The van der Waals surface area contributed by atoms with Crippen LogP contribution in [0.5, 0.6) is 0 Å². The van der Waals surface area contributed by atoms with Gasteiger partial charge in [0.05, 0.1) is 35.1 Å². The van der Waals surface area contributed by atoms with Gasteiger partial charge in [-0.15, -0.1) is 0 Å². The van der Waals surface area contributed by atoms with Crippen molar-refractivity contribution in [2.45, 2.75) is 18.3 Å². The lowest BCUT2D eigenvalue weighted by Gasteiger charge is -2.21. The number of hydrogen-bond acceptors (Lipinski definition) is 7. The Balaban J connectivity index is 1.75. The molecule has 0 aromatic heterocycles. The summed E-state index contributed by atoms with van der Waals surface area (Å²) in [5, 5.41) is 21.2. The normalized spacial score (nSPS) is 19.3. The molecule has 2 amide bonds. The van der Waals surface area contributed by atoms with E-state index in [2.05, 4.69) is 9.98 Å². The van der Waals surface area contributed by atoms with Crippen LogP contribution in [-0.4, -0.2) is 57.6 Å². The van der Waals surface area contributed by atoms with Crippen LogP contribution in [0.4, 0.5) is 0 Å². The fourth-order valence-corrected chi connectivity index (χ4v) is 2.61. The van der Waals surface area contributed by atoms with Crippen molar-refractivity contribution in [1.82, 2.24) is 4.90 Å². The van der Waals surface area contributed by atoms with Gasteiger partial charge in [0.2, 0.25) is 0 Å². The van der Waals surface area contributed by atoms with Gasteiger partial charge in [-0.05, 0) is 12.1 Å². The van der Waals surface area contributed by atoms with Crippen LogP contribution < -0.4 is 0 Å². The fourth-order valence-electron chi connectivity index (χ4n) is 2.61. The van der Waals surface area contributed by atoms with Crippen LogP contribution in [0.15, 0.2) is 34.3 Å². The van der Waals surface area contributed by atoms with Crippen molar-refractivity contribution in [3.63, 3.8) is 0 Å². The molecule has 0 saturated heterocycles. The molecule has 2 aliphatic heterocycles. The minimum Gasteiger partial charge on any atom is -0.391 e. The number of nitro groups is 1. The summed E-state index contributed by atoms with van der Waals surface area (Å²) < 4.78 is 0. The summed E-state index contributed by atoms with van der Waals surface area (Å²) in [5.41, 5.74) is 0.510. The van der Waals surface area contributed by atoms with Gasteiger partial charge in [0, 0.05) is 12.4 Å². The Kier molecular flexibility index (Phi) is 3.49. The van der Waals surface area contributed by atoms with E-state index in [1.807, 2.05) is 0 Å². The molecule has 1 aromatic carbocycles. The second-order valence-electron chi connectivity index (χ2n) is 5.21. The van der Waals surface area contributed by atoms with E-state index in [0.29, 0.717) is 0 Å². The third kappa shape index (κ3) is 2.40. The number of carbonyl (C=O) groups is 2. The Labute approximate surface area is 130 Å². The Morgan fingerprint density at radius 1 is 1.17 bits per heavy atom. The zero-order valence-electron chi connectivity index (χ0n) is 11.8. The van der Waals surface area contributed by atoms with Gasteiger partial charge in [0.15, 0.2) is 0 Å². The summed E-state index contributed by atoms with van der Waals surface area (Å²) in [5.74, 6) is -3.05. The quantitative estimate of drug-likeness (QED) is 0.469. The summed E-state index contributed by atoms with van der Waals surface area (Å²) in [6.07, 6.45) is 0.602. The van der Waals surface area contributed by atoms with E-state index in [1.165, 1.54) is 24.6 Å². The summed E-state index contributed by atoms with van der Waals surface area (Å²) >= 11 is 0. The van der Waals surface area contributed by atoms with Crippen LogP contribution in [0.1, 0.15) is 27.1 Å². The van der Waals surface area contributed by atoms with Crippen molar-refractivity contribution >= 4 is 24.2 Å². The molecule has 23 heavy (non-hydrogen) atoms. The van der Waals surface area contributed by atoms with E-state index in [-0.39, 0.29) is 17.7 Å². The number of hydrogen-bond donors (Lipinski definition) is 1. The number of benzene rings is 1. The fraction of sp³-hybridized carbons (Fsp3) is 0.286. The first kappa shape index (κ1) is 15.0. The number of aliphatic hydroxyl groups excluding tert-OH is 1. The van der Waals surface area contributed by atoms with Gasteiger partial charge >= 0.3 is 5.79 Å². The molecule has 118 valence electrons. The smallest absolute Gasteiger partial charge is 0.391 e. The number of β-amino-alcohol motifs (C(OH)–C–C–N with tert-alkyl or cyclic N) is 1. The van der Waals surface area contributed by atoms with Crippen molar-refractivity contribution in [1.29, 1.82) is 0 Å². The first-order valence-corrected chi connectivity index (χ1v) is 6.81. The number of carbonyl (C=O) groups excluding carboxylic acids is 2. The molecule has 1 N–H and O–H groups in total. The minimum atomic E-state index is -1.99. The zero-order chi connectivity index (χ0) is 16.6. The average Bonchev–Trinajstić information content (AvgIpc) is 3.08. The Bertz CT molecular complexity index is 710. The largest absolute Gasteiger partial charge is 0.414 e. The van der Waals surface area contributed by atoms with Crippen LogP contribution in [0.3, 0.4) is 0 Å². The number of imide groups is 1. The molecule has 0 saturated carbocycles. The van der Waals surface area contributed by atoms with Gasteiger partial charge < -0.3 is 5.11 Å². The maximum atomic E-state index is 12.2. The summed E-state index contributed by atoms with van der Waals surface area (Å²) in [6, 6.07) is 6.30. The van der Waals surface area contributed by atoms with E-state index in [1.54, 1.807) is 12.1 Å². The molecule has 1 unspecified atom stereocenters. The van der Waals surface area contributed by atoms with Crippen LogP contribution >= 0.6 is 0 Å². The van der Waals surface area contributed by atoms with Gasteiger partial charge in [-0.1, -0.05) is 12.1 Å². The first-order valence-electron chi connectivity index (χ1n) is 6.81. The predicted octanol–water partition coefficient (Wildman–Crippen LogP) is 0.119. The zero-order valence-corrected chi connectivity index (χ0v) is 11.8. The van der Waals surface area contributed by atoms with Gasteiger partial charge in [0.25, 0.3) is 11.8 Å². The number of aliphatic imine (C=N–C) groups is 2. The Hall–Kier alpha value is -2.94. The number of nitrogens with zero attached hydrogens (tertiary/aromatic N) is 4. The molecular weight excluding hydrogens is 304 g/mol. The maximum Gasteiger partial charge on any atom is 0.414 e. The summed E-state index contributed by atoms with van der Waals surface area (Å²) in [7, 11) is 0. The maximum absolute atomic E-state index is 12.2. The highest BCUT2D eigenvalue weighted by molar-refractivity contribution is 6.21. The topological polar surface area (TPSA) is 125 Å². The highest BCUT2D eigenvalue weighted by Gasteiger charge is 2.46. The molecule has 9 heteroatoms. The average molecular weight is 316 g/mol. The lowest BCUT2D eigenvalue weighted by Crippen LogP contribution is -2.43. The third-order valence-corrected chi connectivity index (χ3v) is 3.70. The molecule has 2 aliphatic rings. The second kappa shape index (κ2) is 5.36. The van der Waals surface area contributed by atoms with Crippen LogP contribution in [0, 0.1) is 10.1 Å². The summed E-state index contributed by atoms with van der Waals surface area (Å²) in [4.78, 5) is 43.0. The van der Waals surface area contributed by atoms with Gasteiger partial charge in [0.1, 0.15) is 0 Å². The second-order valence-corrected chi connectivity index (χ2v) is 5.21. The summed E-state index contributed by atoms with van der Waals surface area (Å²) in [6.45, 7) is -0.354. The number of fused-ring (bicyclic) bond motifs is 1. The van der Waals surface area contributed by atoms with Crippen LogP contribution in [0.2, 0.25) is 0 Å². The van der Waals surface area contributed by atoms with E-state index < -0.39 is 35.0 Å². The van der Waals surface area contributed by atoms with Crippen molar-refractivity contribution in [3.8, 4) is 0 Å². The number of amides is 2. The number of rotatable bonds is 5. The molecule has 2 heterocycles. The molecule has 0 bridgehead atoms. The molecule has 0 radical (unpaired) electrons. The van der Waals surface area contributed by atoms with Crippen molar-refractivity contribution in [2.75, 3.05) is 6.54 Å². The monoisotopic (exact) mass is 316 g/mol. The van der Waals surface area contributed by atoms with Crippen molar-refractivity contribution in [2.24, 2.45) is 9.98 Å². The molecule has 1 aromatic rings. The van der Waals surface area contributed by atoms with Crippen molar-refractivity contribution in [3.05, 3.63) is 45.5 Å². The molecule has 1 atom stereocenters. The molecular formula is C14H12N4O5. The molecule has 9 nitrogen and oxygen atoms in total. The highest BCUT2D eigenvalue weighted by Crippen LogP contribution is 2.26. The Morgan fingerprint density at radius 2 is 1.70 bits per heavy atom. The van der Waals surface area contributed by atoms with Gasteiger partial charge in [-0.25, -0.2) is 0 Å². The SMILES string of the molecule is O=C1c2ccccc2C(=O)N1CC(O)CC1([N+](=O)[O-])N=CC=N1. The van der Waals surface area contributed by atoms with E-state index in [9.17, 15) is 24.8 Å². The Morgan fingerprint density at radius 3 is 2.17 bits per heavy atom. The van der Waals surface area contributed by atoms with Gasteiger partial charge in [-0.2, -0.15) is 9.98 Å².